The van der Waals surface area contributed by atoms with Crippen LogP contribution in [-0.4, -0.2) is 77.7 Å². The normalized spacial score (nSPS) is 14.0. The Labute approximate surface area is 256 Å². The van der Waals surface area contributed by atoms with Crippen molar-refractivity contribution in [3.8, 4) is 17.6 Å². The number of carboxylic acids is 1. The Morgan fingerprint density at radius 1 is 1.07 bits per heavy atom. The minimum atomic E-state index is -1.13. The van der Waals surface area contributed by atoms with Crippen molar-refractivity contribution in [3.63, 3.8) is 0 Å². The van der Waals surface area contributed by atoms with Gasteiger partial charge in [0.2, 0.25) is 5.82 Å². The number of benzene rings is 2. The SMILES string of the molecule is CN1C(=O)[C@@H](NC(=O)c2n[nH]c(Cc3ccc(C#Cc4cnn(Cc5ccc(C(=O)O)nn5)c4)cc3)n2)COc2ccccc21. The second-order valence-corrected chi connectivity index (χ2v) is 10.1. The van der Waals surface area contributed by atoms with Crippen LogP contribution < -0.4 is 15.0 Å². The third kappa shape index (κ3) is 6.67. The lowest BCUT2D eigenvalue weighted by Gasteiger charge is -2.19. The summed E-state index contributed by atoms with van der Waals surface area (Å²) in [6.07, 6.45) is 3.80. The average Bonchev–Trinajstić information content (AvgIpc) is 3.69. The molecule has 45 heavy (non-hydrogen) atoms. The second-order valence-electron chi connectivity index (χ2n) is 10.1. The second kappa shape index (κ2) is 12.5. The van der Waals surface area contributed by atoms with Gasteiger partial charge in [0.25, 0.3) is 11.8 Å². The predicted molar refractivity (Wildman–Crippen MR) is 159 cm³/mol. The largest absolute Gasteiger partial charge is 0.489 e. The molecule has 0 bridgehead atoms. The number of aromatic carboxylic acids is 1. The zero-order valence-electron chi connectivity index (χ0n) is 23.8. The fraction of sp³-hybridized carbons (Fsp3) is 0.161. The molecule has 0 saturated carbocycles. The van der Waals surface area contributed by atoms with Crippen molar-refractivity contribution >= 4 is 23.5 Å². The Morgan fingerprint density at radius 2 is 1.87 bits per heavy atom. The fourth-order valence-electron chi connectivity index (χ4n) is 4.54. The third-order valence-electron chi connectivity index (χ3n) is 6.87. The van der Waals surface area contributed by atoms with Gasteiger partial charge in [-0.1, -0.05) is 36.1 Å². The fourth-order valence-corrected chi connectivity index (χ4v) is 4.54. The van der Waals surface area contributed by atoms with Gasteiger partial charge in [-0.2, -0.15) is 10.2 Å². The summed E-state index contributed by atoms with van der Waals surface area (Å²) in [5.74, 6) is 5.12. The Morgan fingerprint density at radius 3 is 2.64 bits per heavy atom. The summed E-state index contributed by atoms with van der Waals surface area (Å²) in [7, 11) is 1.63. The molecule has 6 rings (SSSR count). The number of fused-ring (bicyclic) bond motifs is 1. The number of carbonyl (C=O) groups is 3. The number of rotatable bonds is 7. The highest BCUT2D eigenvalue weighted by molar-refractivity contribution is 6.02. The molecule has 1 atom stereocenters. The number of nitrogens with zero attached hydrogens (tertiary/aromatic N) is 7. The van der Waals surface area contributed by atoms with Gasteiger partial charge in [0.05, 0.1) is 29.7 Å². The minimum absolute atomic E-state index is 0.0133. The number of amides is 2. The number of carboxylic acid groups (broad SMARTS) is 1. The van der Waals surface area contributed by atoms with Gasteiger partial charge >= 0.3 is 5.97 Å². The van der Waals surface area contributed by atoms with Gasteiger partial charge in [0.15, 0.2) is 5.69 Å². The third-order valence-corrected chi connectivity index (χ3v) is 6.87. The van der Waals surface area contributed by atoms with E-state index in [1.54, 1.807) is 42.3 Å². The van der Waals surface area contributed by atoms with E-state index in [-0.39, 0.29) is 24.0 Å². The zero-order valence-corrected chi connectivity index (χ0v) is 23.8. The van der Waals surface area contributed by atoms with E-state index in [4.69, 9.17) is 9.84 Å². The standard InChI is InChI=1S/C31H25N9O5/c1-39-25-4-2-3-5-26(25)45-18-24(30(39)42)33-29(41)28-34-27(37-38-28)14-20-9-6-19(7-10-20)8-11-21-15-32-40(16-21)17-22-12-13-23(31(43)44)36-35-22/h2-7,9-10,12-13,15-16,24H,14,17-18H2,1H3,(H,33,41)(H,43,44)(H,34,37,38)/t24-/m0/s1. The number of nitrogens with one attached hydrogen (secondary N) is 2. The van der Waals surface area contributed by atoms with Gasteiger partial charge in [-0.15, -0.1) is 10.2 Å². The van der Waals surface area contributed by atoms with Crippen LogP contribution in [0.1, 0.15) is 49.3 Å². The van der Waals surface area contributed by atoms with Crippen LogP contribution in [-0.2, 0) is 17.8 Å². The number of carbonyl (C=O) groups excluding carboxylic acids is 2. The molecule has 224 valence electrons. The summed E-state index contributed by atoms with van der Waals surface area (Å²) in [6.45, 7) is 0.314. The van der Waals surface area contributed by atoms with E-state index in [0.29, 0.717) is 41.5 Å². The van der Waals surface area contributed by atoms with E-state index in [1.165, 1.54) is 11.0 Å². The van der Waals surface area contributed by atoms with E-state index in [1.807, 2.05) is 36.4 Å². The van der Waals surface area contributed by atoms with Crippen molar-refractivity contribution in [1.29, 1.82) is 0 Å². The van der Waals surface area contributed by atoms with Crippen molar-refractivity contribution in [3.05, 3.63) is 113 Å². The van der Waals surface area contributed by atoms with E-state index < -0.39 is 17.9 Å². The van der Waals surface area contributed by atoms with Gasteiger partial charge in [-0.05, 0) is 42.0 Å². The minimum Gasteiger partial charge on any atom is -0.489 e. The highest BCUT2D eigenvalue weighted by Gasteiger charge is 2.31. The molecule has 14 heteroatoms. The maximum Gasteiger partial charge on any atom is 0.356 e. The first kappa shape index (κ1) is 28.7. The molecule has 0 aliphatic carbocycles. The molecule has 0 spiro atoms. The number of anilines is 1. The molecular formula is C31H25N9O5. The number of hydrogen-bond donors (Lipinski definition) is 3. The quantitative estimate of drug-likeness (QED) is 0.232. The molecule has 0 saturated heterocycles. The van der Waals surface area contributed by atoms with Crippen LogP contribution >= 0.6 is 0 Å². The summed E-state index contributed by atoms with van der Waals surface area (Å²) in [5, 5.41) is 30.3. The summed E-state index contributed by atoms with van der Waals surface area (Å²) in [4.78, 5) is 42.5. The lowest BCUT2D eigenvalue weighted by Crippen LogP contribution is -2.49. The number of aromatic nitrogens is 7. The number of aromatic amines is 1. The Bertz CT molecular complexity index is 1940. The number of likely N-dealkylation sites (N-methyl/N-ethyl adjacent to an activating group) is 1. The Kier molecular flexibility index (Phi) is 7.97. The highest BCUT2D eigenvalue weighted by atomic mass is 16.5. The number of ether oxygens (including phenoxy) is 1. The molecule has 4 heterocycles. The van der Waals surface area contributed by atoms with Crippen LogP contribution in [0.15, 0.2) is 73.1 Å². The van der Waals surface area contributed by atoms with Gasteiger partial charge in [-0.25, -0.2) is 9.78 Å². The first-order valence-corrected chi connectivity index (χ1v) is 13.7. The maximum atomic E-state index is 12.9. The maximum absolute atomic E-state index is 12.9. The van der Waals surface area contributed by atoms with Crippen LogP contribution in [0.4, 0.5) is 5.69 Å². The van der Waals surface area contributed by atoms with E-state index in [0.717, 1.165) is 11.1 Å². The van der Waals surface area contributed by atoms with Crippen molar-refractivity contribution < 1.29 is 24.2 Å². The van der Waals surface area contributed by atoms with E-state index in [9.17, 15) is 14.4 Å². The first-order valence-electron chi connectivity index (χ1n) is 13.7. The Hall–Kier alpha value is -6.36. The molecule has 0 fully saturated rings. The summed E-state index contributed by atoms with van der Waals surface area (Å²) in [5.41, 5.74) is 3.50. The molecule has 2 aromatic carbocycles. The average molecular weight is 604 g/mol. The molecule has 2 amide bonds. The van der Waals surface area contributed by atoms with Gasteiger partial charge in [-0.3, -0.25) is 19.4 Å². The molecule has 0 radical (unpaired) electrons. The molecule has 5 aromatic rings. The monoisotopic (exact) mass is 603 g/mol. The van der Waals surface area contributed by atoms with E-state index >= 15 is 0 Å². The van der Waals surface area contributed by atoms with Crippen molar-refractivity contribution in [1.82, 2.24) is 40.5 Å². The molecule has 1 aliphatic heterocycles. The molecule has 3 N–H and O–H groups in total. The smallest absolute Gasteiger partial charge is 0.356 e. The van der Waals surface area contributed by atoms with Crippen LogP contribution in [0.2, 0.25) is 0 Å². The zero-order chi connectivity index (χ0) is 31.3. The summed E-state index contributed by atoms with van der Waals surface area (Å²) < 4.78 is 7.39. The first-order chi connectivity index (χ1) is 21.8. The van der Waals surface area contributed by atoms with Crippen LogP contribution in [0, 0.1) is 11.8 Å². The summed E-state index contributed by atoms with van der Waals surface area (Å²) >= 11 is 0. The van der Waals surface area contributed by atoms with Crippen molar-refractivity contribution in [2.24, 2.45) is 0 Å². The predicted octanol–water partition coefficient (Wildman–Crippen LogP) is 1.68. The molecule has 1 aliphatic rings. The topological polar surface area (TPSA) is 181 Å². The van der Waals surface area contributed by atoms with Crippen LogP contribution in [0.3, 0.4) is 0 Å². The van der Waals surface area contributed by atoms with Crippen LogP contribution in [0.25, 0.3) is 0 Å². The van der Waals surface area contributed by atoms with Crippen LogP contribution in [0.5, 0.6) is 5.75 Å². The van der Waals surface area contributed by atoms with Gasteiger partial charge in [0, 0.05) is 25.2 Å². The number of para-hydroxylation sites is 2. The number of H-pyrrole nitrogens is 1. The summed E-state index contributed by atoms with van der Waals surface area (Å²) in [6, 6.07) is 16.8. The molecule has 14 nitrogen and oxygen atoms in total. The van der Waals surface area contributed by atoms with Crippen molar-refractivity contribution in [2.45, 2.75) is 19.0 Å². The van der Waals surface area contributed by atoms with Gasteiger partial charge < -0.3 is 20.1 Å². The molecule has 0 unspecified atom stereocenters. The molecular weight excluding hydrogens is 578 g/mol. The molecule has 3 aromatic heterocycles. The van der Waals surface area contributed by atoms with Crippen molar-refractivity contribution in [2.75, 3.05) is 18.6 Å². The number of hydrogen-bond acceptors (Lipinski definition) is 9. The lowest BCUT2D eigenvalue weighted by molar-refractivity contribution is -0.120. The Balaban J connectivity index is 1.03. The van der Waals surface area contributed by atoms with Gasteiger partial charge in [0.1, 0.15) is 24.2 Å². The lowest BCUT2D eigenvalue weighted by atomic mass is 10.1. The van der Waals surface area contributed by atoms with E-state index in [2.05, 4.69) is 47.6 Å². The highest BCUT2D eigenvalue weighted by Crippen LogP contribution is 2.29.